The van der Waals surface area contributed by atoms with Gasteiger partial charge in [-0.2, -0.15) is 0 Å². The van der Waals surface area contributed by atoms with Crippen molar-refractivity contribution in [1.82, 2.24) is 19.8 Å². The number of benzene rings is 1. The Morgan fingerprint density at radius 2 is 1.90 bits per heavy atom. The molecule has 2 aromatic rings. The van der Waals surface area contributed by atoms with Crippen molar-refractivity contribution in [1.29, 1.82) is 0 Å². The predicted molar refractivity (Wildman–Crippen MR) is 164 cm³/mol. The summed E-state index contributed by atoms with van der Waals surface area (Å²) in [6.45, 7) is 8.48. The molecule has 1 aliphatic carbocycles. The first-order chi connectivity index (χ1) is 20.1. The molecule has 1 atom stereocenters. The SMILES string of the molecule is COC1=C(OCCCN2CCOCC2)C=C2Nc3ncnc(N4CCN(C(=S)Nc5ccc(N)cc5)CC4)c3C2C1. The van der Waals surface area contributed by atoms with Gasteiger partial charge < -0.3 is 40.4 Å². The summed E-state index contributed by atoms with van der Waals surface area (Å²) < 4.78 is 17.5. The lowest BCUT2D eigenvalue weighted by Gasteiger charge is -2.37. The Kier molecular flexibility index (Phi) is 8.40. The number of methoxy groups -OCH3 is 1. The molecule has 218 valence electrons. The summed E-state index contributed by atoms with van der Waals surface area (Å²) in [5.41, 5.74) is 9.67. The smallest absolute Gasteiger partial charge is 0.173 e. The first-order valence-corrected chi connectivity index (χ1v) is 14.7. The Labute approximate surface area is 246 Å². The van der Waals surface area contributed by atoms with Crippen LogP contribution >= 0.6 is 12.2 Å². The number of allylic oxidation sites excluding steroid dienone is 3. The van der Waals surface area contributed by atoms with E-state index in [-0.39, 0.29) is 5.92 Å². The average molecular weight is 579 g/mol. The minimum Gasteiger partial charge on any atom is -0.497 e. The van der Waals surface area contributed by atoms with Gasteiger partial charge in [-0.3, -0.25) is 4.90 Å². The molecule has 4 aliphatic rings. The predicted octanol–water partition coefficient (Wildman–Crippen LogP) is 2.97. The van der Waals surface area contributed by atoms with Crippen LogP contribution in [0.3, 0.4) is 0 Å². The Balaban J connectivity index is 1.07. The quantitative estimate of drug-likeness (QED) is 0.243. The number of piperazine rings is 1. The molecule has 0 saturated carbocycles. The summed E-state index contributed by atoms with van der Waals surface area (Å²) in [5, 5.41) is 7.57. The molecule has 11 nitrogen and oxygen atoms in total. The molecule has 3 aliphatic heterocycles. The molecule has 2 saturated heterocycles. The number of nitrogens with zero attached hydrogens (tertiary/aromatic N) is 5. The van der Waals surface area contributed by atoms with Crippen LogP contribution < -0.4 is 21.3 Å². The van der Waals surface area contributed by atoms with Crippen LogP contribution in [0.25, 0.3) is 0 Å². The summed E-state index contributed by atoms with van der Waals surface area (Å²) in [7, 11) is 1.72. The molecule has 2 fully saturated rings. The molecule has 1 aromatic heterocycles. The van der Waals surface area contributed by atoms with Crippen molar-refractivity contribution in [3.8, 4) is 0 Å². The second-order valence-corrected chi connectivity index (χ2v) is 11.0. The summed E-state index contributed by atoms with van der Waals surface area (Å²) in [4.78, 5) is 16.3. The highest BCUT2D eigenvalue weighted by atomic mass is 32.1. The van der Waals surface area contributed by atoms with E-state index in [1.807, 2.05) is 24.3 Å². The van der Waals surface area contributed by atoms with E-state index < -0.39 is 0 Å². The zero-order chi connectivity index (χ0) is 28.2. The monoisotopic (exact) mass is 578 g/mol. The Hall–Kier alpha value is -3.61. The van der Waals surface area contributed by atoms with Crippen molar-refractivity contribution in [3.63, 3.8) is 0 Å². The van der Waals surface area contributed by atoms with E-state index in [1.54, 1.807) is 13.4 Å². The number of hydrogen-bond acceptors (Lipinski definition) is 10. The van der Waals surface area contributed by atoms with Crippen molar-refractivity contribution in [2.75, 3.05) is 94.0 Å². The molecule has 1 unspecified atom stereocenters. The van der Waals surface area contributed by atoms with Gasteiger partial charge in [-0.15, -0.1) is 0 Å². The highest BCUT2D eigenvalue weighted by Crippen LogP contribution is 2.48. The number of morpholine rings is 1. The number of ether oxygens (including phenoxy) is 3. The molecule has 4 heterocycles. The summed E-state index contributed by atoms with van der Waals surface area (Å²) >= 11 is 5.69. The fourth-order valence-electron chi connectivity index (χ4n) is 5.79. The van der Waals surface area contributed by atoms with Crippen molar-refractivity contribution in [3.05, 3.63) is 59.4 Å². The zero-order valence-electron chi connectivity index (χ0n) is 23.5. The van der Waals surface area contributed by atoms with Gasteiger partial charge in [-0.05, 0) is 42.9 Å². The number of nitrogen functional groups attached to an aromatic ring is 1. The van der Waals surface area contributed by atoms with Gasteiger partial charge in [-0.1, -0.05) is 0 Å². The van der Waals surface area contributed by atoms with Crippen LogP contribution in [0.4, 0.5) is 23.0 Å². The van der Waals surface area contributed by atoms with E-state index in [2.05, 4.69) is 36.4 Å². The van der Waals surface area contributed by atoms with Crippen LogP contribution in [0, 0.1) is 0 Å². The van der Waals surface area contributed by atoms with Gasteiger partial charge in [0, 0.05) is 86.9 Å². The highest BCUT2D eigenvalue weighted by Gasteiger charge is 2.38. The molecule has 0 spiro atoms. The van der Waals surface area contributed by atoms with Gasteiger partial charge in [0.1, 0.15) is 23.7 Å². The molecule has 0 amide bonds. The Bertz CT molecular complexity index is 1300. The van der Waals surface area contributed by atoms with Gasteiger partial charge in [0.25, 0.3) is 0 Å². The number of thiocarbonyl (C=S) groups is 1. The average Bonchev–Trinajstić information content (AvgIpc) is 3.38. The minimum absolute atomic E-state index is 0.100. The Morgan fingerprint density at radius 1 is 1.12 bits per heavy atom. The second kappa shape index (κ2) is 12.5. The molecule has 41 heavy (non-hydrogen) atoms. The van der Waals surface area contributed by atoms with E-state index in [9.17, 15) is 0 Å². The minimum atomic E-state index is 0.100. The highest BCUT2D eigenvalue weighted by molar-refractivity contribution is 7.80. The molecule has 1 aromatic carbocycles. The topological polar surface area (TPSA) is 113 Å². The zero-order valence-corrected chi connectivity index (χ0v) is 24.3. The second-order valence-electron chi connectivity index (χ2n) is 10.6. The third-order valence-corrected chi connectivity index (χ3v) is 8.42. The first-order valence-electron chi connectivity index (χ1n) is 14.3. The van der Waals surface area contributed by atoms with Crippen LogP contribution in [-0.4, -0.2) is 97.6 Å². The molecular weight excluding hydrogens is 540 g/mol. The number of anilines is 4. The molecule has 0 bridgehead atoms. The molecule has 4 N–H and O–H groups in total. The van der Waals surface area contributed by atoms with Crippen LogP contribution in [0.1, 0.15) is 24.3 Å². The molecule has 6 rings (SSSR count). The van der Waals surface area contributed by atoms with Gasteiger partial charge in [0.05, 0.1) is 26.9 Å². The van der Waals surface area contributed by atoms with E-state index in [0.717, 1.165) is 111 Å². The van der Waals surface area contributed by atoms with E-state index in [4.69, 9.17) is 37.1 Å². The van der Waals surface area contributed by atoms with E-state index in [1.165, 1.54) is 0 Å². The normalized spacial score (nSPS) is 20.6. The largest absolute Gasteiger partial charge is 0.497 e. The lowest BCUT2D eigenvalue weighted by atomic mass is 9.91. The van der Waals surface area contributed by atoms with Crippen LogP contribution in [-0.2, 0) is 14.2 Å². The van der Waals surface area contributed by atoms with Gasteiger partial charge in [0.15, 0.2) is 10.9 Å². The summed E-state index contributed by atoms with van der Waals surface area (Å²) in [6.07, 6.45) is 5.39. The van der Waals surface area contributed by atoms with E-state index in [0.29, 0.717) is 18.1 Å². The van der Waals surface area contributed by atoms with Gasteiger partial charge in [-0.25, -0.2) is 9.97 Å². The van der Waals surface area contributed by atoms with Crippen molar-refractivity contribution >= 4 is 40.3 Å². The van der Waals surface area contributed by atoms with Crippen LogP contribution in [0.5, 0.6) is 0 Å². The summed E-state index contributed by atoms with van der Waals surface area (Å²) in [5.74, 6) is 3.59. The van der Waals surface area contributed by atoms with Gasteiger partial charge >= 0.3 is 0 Å². The number of nitrogens with one attached hydrogen (secondary N) is 2. The van der Waals surface area contributed by atoms with Gasteiger partial charge in [0.2, 0.25) is 0 Å². The maximum absolute atomic E-state index is 6.22. The summed E-state index contributed by atoms with van der Waals surface area (Å²) in [6, 6.07) is 7.61. The fourth-order valence-corrected chi connectivity index (χ4v) is 6.09. The van der Waals surface area contributed by atoms with Crippen molar-refractivity contribution < 1.29 is 14.2 Å². The number of fused-ring (bicyclic) bond motifs is 3. The standard InChI is InChI=1S/C29H38N8O3S/c1-38-24-17-22-23(18-25(24)40-14-2-7-35-12-15-39-16-13-35)34-27-26(22)28(32-19-31-27)36-8-10-37(11-9-36)29(41)33-21-5-3-20(30)4-6-21/h3-6,18-19,22H,2,7-17,30H2,1H3,(H,33,41)(H,31,32,34). The number of nitrogens with two attached hydrogens (primary N) is 1. The lowest BCUT2D eigenvalue weighted by molar-refractivity contribution is 0.0342. The van der Waals surface area contributed by atoms with Crippen molar-refractivity contribution in [2.45, 2.75) is 18.8 Å². The molecule has 12 heteroatoms. The third-order valence-electron chi connectivity index (χ3n) is 8.06. The number of rotatable bonds is 8. The maximum Gasteiger partial charge on any atom is 0.173 e. The first kappa shape index (κ1) is 27.6. The maximum atomic E-state index is 6.22. The number of hydrogen-bond donors (Lipinski definition) is 3. The molecule has 0 radical (unpaired) electrons. The molecular formula is C29H38N8O3S. The lowest BCUT2D eigenvalue weighted by Crippen LogP contribution is -2.50. The van der Waals surface area contributed by atoms with E-state index >= 15 is 0 Å². The van der Waals surface area contributed by atoms with Crippen LogP contribution in [0.15, 0.2) is 53.9 Å². The third kappa shape index (κ3) is 6.19. The van der Waals surface area contributed by atoms with Crippen LogP contribution in [0.2, 0.25) is 0 Å². The fraction of sp³-hybridized carbons (Fsp3) is 0.483. The van der Waals surface area contributed by atoms with Crippen molar-refractivity contribution in [2.24, 2.45) is 0 Å². The number of aromatic nitrogens is 2. The Morgan fingerprint density at radius 3 is 2.66 bits per heavy atom.